The van der Waals surface area contributed by atoms with Gasteiger partial charge in [-0.3, -0.25) is 20.2 Å². The van der Waals surface area contributed by atoms with E-state index in [2.05, 4.69) is 87.0 Å². The largest absolute Gasteiger partial charge is 0.356 e. The van der Waals surface area contributed by atoms with Crippen molar-refractivity contribution in [3.8, 4) is 34.2 Å². The third kappa shape index (κ3) is 9.93. The summed E-state index contributed by atoms with van der Waals surface area (Å²) in [4.78, 5) is 35.5. The zero-order valence-corrected chi connectivity index (χ0v) is 41.2. The van der Waals surface area contributed by atoms with Crippen LogP contribution in [0.25, 0.3) is 67.3 Å². The van der Waals surface area contributed by atoms with Crippen molar-refractivity contribution in [2.45, 2.75) is 57.5 Å². The SMILES string of the molecule is CCC(N)C1CCCN(c2ccc(F)c(-c3[nH]nc4ncccc34)n2)C1.Fc1ccc(N2CCN3CCCC3C2)nc1-c1[nH]nc2ncccc12.NCC1CCN(c2ccc(F)c(-c3[nH]nc4ncccc34)n2)C1.[HH].[HH].[HH].[HH].[HH].[HH].[HH]. The zero-order valence-electron chi connectivity index (χ0n) is 41.2. The molecule has 9 aromatic rings. The van der Waals surface area contributed by atoms with E-state index in [1.165, 1.54) is 37.6 Å². The molecule has 4 saturated heterocycles. The maximum Gasteiger partial charge on any atom is 0.181 e. The Bertz CT molecular complexity index is 3410. The number of nitrogens with zero attached hydrogens (tertiary/aromatic N) is 13. The summed E-state index contributed by atoms with van der Waals surface area (Å²) in [6.07, 6.45) is 11.7. The van der Waals surface area contributed by atoms with Crippen molar-refractivity contribution in [3.63, 3.8) is 0 Å². The van der Waals surface area contributed by atoms with Gasteiger partial charge >= 0.3 is 0 Å². The first-order valence-electron chi connectivity index (χ1n) is 25.6. The first-order chi connectivity index (χ1) is 36.2. The Morgan fingerprint density at radius 2 is 1.04 bits per heavy atom. The second kappa shape index (κ2) is 21.5. The summed E-state index contributed by atoms with van der Waals surface area (Å²) in [7, 11) is 0. The minimum absolute atomic E-state index is 0. The van der Waals surface area contributed by atoms with Crippen LogP contribution in [0.3, 0.4) is 0 Å². The summed E-state index contributed by atoms with van der Waals surface area (Å²) in [6.45, 7) is 10.5. The first-order valence-corrected chi connectivity index (χ1v) is 25.6. The molecule has 0 saturated carbocycles. The Kier molecular flexibility index (Phi) is 14.1. The fourth-order valence-corrected chi connectivity index (χ4v) is 10.8. The highest BCUT2D eigenvalue weighted by Gasteiger charge is 2.32. The Morgan fingerprint density at radius 1 is 0.568 bits per heavy atom. The number of halogens is 3. The number of anilines is 3. The summed E-state index contributed by atoms with van der Waals surface area (Å²) >= 11 is 0. The van der Waals surface area contributed by atoms with E-state index in [1.807, 2.05) is 30.3 Å². The summed E-state index contributed by atoms with van der Waals surface area (Å²) in [5, 5.41) is 23.4. The van der Waals surface area contributed by atoms with E-state index in [0.29, 0.717) is 64.1 Å². The molecule has 396 valence electrons. The minimum atomic E-state index is -0.377. The van der Waals surface area contributed by atoms with Crippen LogP contribution in [0.5, 0.6) is 0 Å². The van der Waals surface area contributed by atoms with Crippen molar-refractivity contribution >= 4 is 50.6 Å². The van der Waals surface area contributed by atoms with E-state index < -0.39 is 0 Å². The van der Waals surface area contributed by atoms with Crippen LogP contribution in [-0.4, -0.2) is 136 Å². The fourth-order valence-electron chi connectivity index (χ4n) is 10.8. The molecule has 13 rings (SSSR count). The van der Waals surface area contributed by atoms with Crippen LogP contribution in [0, 0.1) is 29.3 Å². The zero-order chi connectivity index (χ0) is 50.7. The number of nitrogens with one attached hydrogen (secondary N) is 3. The van der Waals surface area contributed by atoms with Gasteiger partial charge in [0.1, 0.15) is 34.5 Å². The number of piperazine rings is 1. The lowest BCUT2D eigenvalue weighted by Gasteiger charge is -2.38. The molecule has 4 fully saturated rings. The van der Waals surface area contributed by atoms with Gasteiger partial charge in [-0.05, 0) is 136 Å². The molecule has 0 radical (unpaired) electrons. The van der Waals surface area contributed by atoms with E-state index >= 15 is 0 Å². The lowest BCUT2D eigenvalue weighted by Crippen LogP contribution is -2.50. The van der Waals surface area contributed by atoms with Crippen molar-refractivity contribution in [2.24, 2.45) is 23.3 Å². The van der Waals surface area contributed by atoms with Gasteiger partial charge in [-0.25, -0.2) is 43.1 Å². The Labute approximate surface area is 435 Å². The van der Waals surface area contributed by atoms with E-state index in [9.17, 15) is 13.2 Å². The van der Waals surface area contributed by atoms with Crippen LogP contribution in [0.15, 0.2) is 91.4 Å². The molecule has 9 aromatic heterocycles. The van der Waals surface area contributed by atoms with E-state index in [4.69, 9.17) is 11.5 Å². The highest BCUT2D eigenvalue weighted by molar-refractivity contribution is 5.91. The summed E-state index contributed by atoms with van der Waals surface area (Å²) < 4.78 is 43.3. The van der Waals surface area contributed by atoms with Crippen molar-refractivity contribution in [2.75, 3.05) is 73.6 Å². The van der Waals surface area contributed by atoms with E-state index in [-0.39, 0.29) is 44.9 Å². The van der Waals surface area contributed by atoms with Crippen molar-refractivity contribution in [3.05, 3.63) is 109 Å². The molecule has 18 nitrogen and oxygen atoms in total. The molecule has 4 aliphatic heterocycles. The Balaban J connectivity index is 0.000000251. The second-order valence-corrected chi connectivity index (χ2v) is 19.5. The Hall–Kier alpha value is -7.62. The number of nitrogens with two attached hydrogens (primary N) is 2. The van der Waals surface area contributed by atoms with Crippen molar-refractivity contribution in [1.29, 1.82) is 0 Å². The predicted molar refractivity (Wildman–Crippen MR) is 295 cm³/mol. The maximum atomic E-state index is 14.5. The average Bonchev–Trinajstić information content (AvgIpc) is 4.46. The number of piperidine rings is 1. The number of fused-ring (bicyclic) bond motifs is 4. The highest BCUT2D eigenvalue weighted by Crippen LogP contribution is 2.33. The van der Waals surface area contributed by atoms with Crippen molar-refractivity contribution < 1.29 is 23.2 Å². The minimum Gasteiger partial charge on any atom is -0.356 e. The molecule has 0 aliphatic carbocycles. The molecule has 13 heterocycles. The highest BCUT2D eigenvalue weighted by atomic mass is 19.1. The van der Waals surface area contributed by atoms with Gasteiger partial charge in [0.15, 0.2) is 34.4 Å². The lowest BCUT2D eigenvalue weighted by atomic mass is 9.90. The molecule has 0 amide bonds. The van der Waals surface area contributed by atoms with Gasteiger partial charge in [0.2, 0.25) is 0 Å². The van der Waals surface area contributed by atoms with Crippen LogP contribution in [-0.2, 0) is 0 Å². The standard InChI is InChI=1S/C19H23FN6.C18H19FN6.C16H17FN6.7H2/c1-2-15(21)12-5-4-10-26(11-12)16-8-7-14(20)18(23-16)17-13-6-3-9-22-19(13)25-24-17;19-14-5-6-15(25-10-9-24-8-2-3-12(24)11-25)21-17(14)16-13-4-1-7-20-18(13)23-22-16;17-12-3-4-13(23-7-5-10(8-18)9-23)20-15(12)14-11-2-1-6-19-16(11)22-21-14;;;;;;;/h3,6-9,12,15H,2,4-5,10-11,21H2,1H3,(H,22,24,25);1,4-7,12H,2-3,8-11H2,(H,20,22,23);1-4,6,10H,5,7-9,18H2,(H,19,21,22);7*1H. The monoisotopic (exact) mass is 1020 g/mol. The van der Waals surface area contributed by atoms with Crippen LogP contribution in [0.1, 0.15) is 55.4 Å². The molecule has 74 heavy (non-hydrogen) atoms. The van der Waals surface area contributed by atoms with E-state index in [0.717, 1.165) is 105 Å². The number of H-pyrrole nitrogens is 3. The van der Waals surface area contributed by atoms with Gasteiger partial charge < -0.3 is 26.2 Å². The number of hydrogen-bond acceptors (Lipinski definition) is 15. The quantitative estimate of drug-likeness (QED) is 0.0908. The van der Waals surface area contributed by atoms with Gasteiger partial charge in [0.25, 0.3) is 0 Å². The number of aromatic amines is 3. The van der Waals surface area contributed by atoms with Crippen LogP contribution < -0.4 is 26.2 Å². The number of pyridine rings is 6. The molecule has 7 N–H and O–H groups in total. The lowest BCUT2D eigenvalue weighted by molar-refractivity contribution is 0.230. The van der Waals surface area contributed by atoms with Crippen LogP contribution >= 0.6 is 0 Å². The molecule has 4 atom stereocenters. The third-order valence-electron chi connectivity index (χ3n) is 14.9. The van der Waals surface area contributed by atoms with Crippen LogP contribution in [0.4, 0.5) is 30.6 Å². The summed E-state index contributed by atoms with van der Waals surface area (Å²) in [5.41, 5.74) is 16.2. The number of rotatable bonds is 9. The van der Waals surface area contributed by atoms with E-state index in [1.54, 1.807) is 42.9 Å². The normalized spacial score (nSPS) is 19.4. The smallest absolute Gasteiger partial charge is 0.181 e. The van der Waals surface area contributed by atoms with Gasteiger partial charge in [-0.15, -0.1) is 0 Å². The molecular weight excluding hydrogens is 946 g/mol. The Morgan fingerprint density at radius 3 is 1.51 bits per heavy atom. The van der Waals surface area contributed by atoms with Crippen LogP contribution in [0.2, 0.25) is 0 Å². The van der Waals surface area contributed by atoms with Gasteiger partial charge in [0, 0.05) is 103 Å². The molecule has 21 heteroatoms. The predicted octanol–water partition coefficient (Wildman–Crippen LogP) is 9.22. The van der Waals surface area contributed by atoms with Gasteiger partial charge in [-0.1, -0.05) is 6.92 Å². The summed E-state index contributed by atoms with van der Waals surface area (Å²) in [6, 6.07) is 21.5. The fraction of sp³-hybridized carbons (Fsp3) is 0.377. The van der Waals surface area contributed by atoms with Crippen molar-refractivity contribution in [1.82, 2.24) is 65.4 Å². The van der Waals surface area contributed by atoms with Gasteiger partial charge in [-0.2, -0.15) is 15.3 Å². The number of hydrogen-bond donors (Lipinski definition) is 5. The summed E-state index contributed by atoms with van der Waals surface area (Å²) in [5.74, 6) is 2.20. The maximum absolute atomic E-state index is 14.5. The third-order valence-corrected chi connectivity index (χ3v) is 14.9. The topological polar surface area (TPSA) is 228 Å². The average molecular weight is 1020 g/mol. The van der Waals surface area contributed by atoms with Gasteiger partial charge in [0.05, 0.1) is 17.1 Å². The number of aromatic nitrogens is 12. The molecule has 0 spiro atoms. The molecule has 4 aliphatic rings. The molecule has 0 aromatic carbocycles. The molecule has 0 bridgehead atoms. The molecular formula is C53H73F3N18. The second-order valence-electron chi connectivity index (χ2n) is 19.5. The molecule has 4 unspecified atom stereocenters. The first kappa shape index (κ1) is 48.6.